The monoisotopic (exact) mass is 228 g/mol. The molecule has 0 fully saturated rings. The van der Waals surface area contributed by atoms with Gasteiger partial charge in [0, 0.05) is 5.25 Å². The van der Waals surface area contributed by atoms with E-state index in [0.29, 0.717) is 19.8 Å². The molecule has 1 aromatic carbocycles. The van der Waals surface area contributed by atoms with Crippen LogP contribution in [-0.2, 0) is 4.74 Å². The average molecular weight is 228 g/mol. The predicted molar refractivity (Wildman–Crippen MR) is 62.6 cm³/mol. The van der Waals surface area contributed by atoms with Gasteiger partial charge in [0.2, 0.25) is 0 Å². The van der Waals surface area contributed by atoms with Crippen LogP contribution in [0.1, 0.15) is 0 Å². The zero-order valence-corrected chi connectivity index (χ0v) is 9.40. The second-order valence-electron chi connectivity index (χ2n) is 3.07. The summed E-state index contributed by atoms with van der Waals surface area (Å²) in [7, 11) is 0. The summed E-state index contributed by atoms with van der Waals surface area (Å²) >= 11 is 4.09. The van der Waals surface area contributed by atoms with Gasteiger partial charge in [0.25, 0.3) is 0 Å². The highest BCUT2D eigenvalue weighted by atomic mass is 32.1. The first-order valence-electron chi connectivity index (χ1n) is 4.87. The Hall–Kier alpha value is -0.710. The standard InChI is InChI=1S/C11H16O3S/c12-8-11(15)9-13-6-7-14-10-4-2-1-3-5-10/h1-5,11-12,15H,6-9H2. The Morgan fingerprint density at radius 1 is 1.20 bits per heavy atom. The van der Waals surface area contributed by atoms with Crippen LogP contribution in [0.25, 0.3) is 0 Å². The van der Waals surface area contributed by atoms with Crippen molar-refractivity contribution in [2.75, 3.05) is 26.4 Å². The third kappa shape index (κ3) is 5.67. The van der Waals surface area contributed by atoms with Gasteiger partial charge in [-0.1, -0.05) is 18.2 Å². The molecule has 1 N–H and O–H groups in total. The normalized spacial score (nSPS) is 12.4. The second kappa shape index (κ2) is 7.56. The van der Waals surface area contributed by atoms with Crippen molar-refractivity contribution in [3.63, 3.8) is 0 Å². The number of thiol groups is 1. The van der Waals surface area contributed by atoms with Crippen LogP contribution in [0.5, 0.6) is 5.75 Å². The molecule has 0 aromatic heterocycles. The van der Waals surface area contributed by atoms with Gasteiger partial charge in [0.15, 0.2) is 0 Å². The molecule has 0 saturated heterocycles. The summed E-state index contributed by atoms with van der Waals surface area (Å²) < 4.78 is 10.7. The lowest BCUT2D eigenvalue weighted by molar-refractivity contribution is 0.0920. The summed E-state index contributed by atoms with van der Waals surface area (Å²) in [5.41, 5.74) is 0. The van der Waals surface area contributed by atoms with Gasteiger partial charge in [-0.05, 0) is 12.1 Å². The van der Waals surface area contributed by atoms with E-state index in [1.54, 1.807) is 0 Å². The minimum atomic E-state index is -0.110. The molecule has 1 rings (SSSR count). The van der Waals surface area contributed by atoms with Crippen molar-refractivity contribution in [2.24, 2.45) is 0 Å². The van der Waals surface area contributed by atoms with E-state index in [4.69, 9.17) is 14.6 Å². The highest BCUT2D eigenvalue weighted by Gasteiger charge is 1.99. The van der Waals surface area contributed by atoms with Gasteiger partial charge >= 0.3 is 0 Å². The van der Waals surface area contributed by atoms with Crippen molar-refractivity contribution in [1.29, 1.82) is 0 Å². The Morgan fingerprint density at radius 3 is 2.60 bits per heavy atom. The summed E-state index contributed by atoms with van der Waals surface area (Å²) in [6.07, 6.45) is 0. The number of hydrogen-bond acceptors (Lipinski definition) is 4. The number of hydrogen-bond donors (Lipinski definition) is 2. The third-order valence-corrected chi connectivity index (χ3v) is 2.07. The van der Waals surface area contributed by atoms with Crippen LogP contribution in [-0.4, -0.2) is 36.8 Å². The minimum absolute atomic E-state index is 0.0304. The fourth-order valence-electron chi connectivity index (χ4n) is 1.01. The van der Waals surface area contributed by atoms with Gasteiger partial charge in [-0.2, -0.15) is 12.6 Å². The van der Waals surface area contributed by atoms with E-state index < -0.39 is 0 Å². The van der Waals surface area contributed by atoms with Crippen LogP contribution in [0.3, 0.4) is 0 Å². The molecule has 4 heteroatoms. The number of aliphatic hydroxyl groups is 1. The molecule has 1 atom stereocenters. The van der Waals surface area contributed by atoms with Crippen molar-refractivity contribution in [3.8, 4) is 5.75 Å². The quantitative estimate of drug-likeness (QED) is 0.547. The highest BCUT2D eigenvalue weighted by molar-refractivity contribution is 7.81. The van der Waals surface area contributed by atoms with Crippen molar-refractivity contribution in [2.45, 2.75) is 5.25 Å². The topological polar surface area (TPSA) is 38.7 Å². The van der Waals surface area contributed by atoms with Crippen LogP contribution in [0.4, 0.5) is 0 Å². The van der Waals surface area contributed by atoms with Crippen LogP contribution < -0.4 is 4.74 Å². The minimum Gasteiger partial charge on any atom is -0.491 e. The molecule has 0 spiro atoms. The number of ether oxygens (including phenoxy) is 2. The zero-order valence-electron chi connectivity index (χ0n) is 8.50. The summed E-state index contributed by atoms with van der Waals surface area (Å²) in [4.78, 5) is 0. The van der Waals surface area contributed by atoms with Crippen molar-refractivity contribution >= 4 is 12.6 Å². The third-order valence-electron chi connectivity index (χ3n) is 1.76. The summed E-state index contributed by atoms with van der Waals surface area (Å²) in [5.74, 6) is 0.839. The Bertz CT molecular complexity index is 253. The molecular formula is C11H16O3S. The van der Waals surface area contributed by atoms with Crippen LogP contribution in [0, 0.1) is 0 Å². The molecule has 1 unspecified atom stereocenters. The van der Waals surface area contributed by atoms with E-state index >= 15 is 0 Å². The number of rotatable bonds is 7. The van der Waals surface area contributed by atoms with Gasteiger partial charge in [0.05, 0.1) is 19.8 Å². The molecular weight excluding hydrogens is 212 g/mol. The molecule has 15 heavy (non-hydrogen) atoms. The van der Waals surface area contributed by atoms with E-state index in [1.165, 1.54) is 0 Å². The molecule has 3 nitrogen and oxygen atoms in total. The molecule has 0 aliphatic heterocycles. The number of aliphatic hydroxyl groups excluding tert-OH is 1. The smallest absolute Gasteiger partial charge is 0.119 e. The van der Waals surface area contributed by atoms with E-state index in [2.05, 4.69) is 12.6 Å². The predicted octanol–water partition coefficient (Wildman–Crippen LogP) is 1.37. The fraction of sp³-hybridized carbons (Fsp3) is 0.455. The lowest BCUT2D eigenvalue weighted by Gasteiger charge is -2.09. The van der Waals surface area contributed by atoms with Gasteiger partial charge in [0.1, 0.15) is 12.4 Å². The highest BCUT2D eigenvalue weighted by Crippen LogP contribution is 2.07. The SMILES string of the molecule is OCC(S)COCCOc1ccccc1. The largest absolute Gasteiger partial charge is 0.491 e. The van der Waals surface area contributed by atoms with Crippen molar-refractivity contribution in [3.05, 3.63) is 30.3 Å². The van der Waals surface area contributed by atoms with Gasteiger partial charge in [-0.3, -0.25) is 0 Å². The molecule has 84 valence electrons. The summed E-state index contributed by atoms with van der Waals surface area (Å²) in [6, 6.07) is 9.58. The summed E-state index contributed by atoms with van der Waals surface area (Å²) in [6.45, 7) is 1.49. The lowest BCUT2D eigenvalue weighted by Crippen LogP contribution is -2.16. The lowest BCUT2D eigenvalue weighted by atomic mass is 10.3. The van der Waals surface area contributed by atoms with Crippen molar-refractivity contribution < 1.29 is 14.6 Å². The second-order valence-corrected chi connectivity index (χ2v) is 3.80. The van der Waals surface area contributed by atoms with E-state index in [-0.39, 0.29) is 11.9 Å². The first kappa shape index (κ1) is 12.4. The van der Waals surface area contributed by atoms with E-state index in [9.17, 15) is 0 Å². The Labute approximate surface area is 95.4 Å². The zero-order chi connectivity index (χ0) is 10.9. The van der Waals surface area contributed by atoms with Gasteiger partial charge in [-0.15, -0.1) is 0 Å². The maximum Gasteiger partial charge on any atom is 0.119 e. The Kier molecular flexibility index (Phi) is 6.23. The van der Waals surface area contributed by atoms with E-state index in [0.717, 1.165) is 5.75 Å². The molecule has 0 aliphatic carbocycles. The first-order valence-corrected chi connectivity index (χ1v) is 5.39. The molecule has 0 radical (unpaired) electrons. The maximum absolute atomic E-state index is 8.68. The first-order chi connectivity index (χ1) is 7.33. The molecule has 0 amide bonds. The number of para-hydroxylation sites is 1. The fourth-order valence-corrected chi connectivity index (χ4v) is 1.11. The summed E-state index contributed by atoms with van der Waals surface area (Å²) in [5, 5.41) is 8.57. The Balaban J connectivity index is 2.03. The average Bonchev–Trinajstić information content (AvgIpc) is 2.29. The molecule has 0 aliphatic rings. The number of benzene rings is 1. The maximum atomic E-state index is 8.68. The van der Waals surface area contributed by atoms with Crippen LogP contribution >= 0.6 is 12.6 Å². The molecule has 0 saturated carbocycles. The van der Waals surface area contributed by atoms with Crippen molar-refractivity contribution in [1.82, 2.24) is 0 Å². The van der Waals surface area contributed by atoms with E-state index in [1.807, 2.05) is 30.3 Å². The molecule has 0 bridgehead atoms. The van der Waals surface area contributed by atoms with Gasteiger partial charge < -0.3 is 14.6 Å². The van der Waals surface area contributed by atoms with Gasteiger partial charge in [-0.25, -0.2) is 0 Å². The molecule has 1 aromatic rings. The van der Waals surface area contributed by atoms with Crippen LogP contribution in [0.2, 0.25) is 0 Å². The Morgan fingerprint density at radius 2 is 1.93 bits per heavy atom. The van der Waals surface area contributed by atoms with Crippen LogP contribution in [0.15, 0.2) is 30.3 Å². The molecule has 0 heterocycles.